The second-order valence-corrected chi connectivity index (χ2v) is 4.75. The molecule has 6 nitrogen and oxygen atoms in total. The molecule has 1 aromatic rings. The SMILES string of the molecule is [N-]=[N+]=NCCCC(=O)NCC(=O)Sc1ccccc1. The Kier molecular flexibility index (Phi) is 7.16. The van der Waals surface area contributed by atoms with Gasteiger partial charge in [-0.3, -0.25) is 9.59 Å². The van der Waals surface area contributed by atoms with Crippen molar-refractivity contribution in [1.82, 2.24) is 5.32 Å². The zero-order chi connectivity index (χ0) is 13.9. The second-order valence-electron chi connectivity index (χ2n) is 3.62. The molecule has 0 aliphatic carbocycles. The highest BCUT2D eigenvalue weighted by Crippen LogP contribution is 2.17. The van der Waals surface area contributed by atoms with Gasteiger partial charge in [-0.05, 0) is 24.1 Å². The van der Waals surface area contributed by atoms with Gasteiger partial charge in [0.15, 0.2) is 0 Å². The average molecular weight is 278 g/mol. The first kappa shape index (κ1) is 15.1. The molecule has 0 bridgehead atoms. The van der Waals surface area contributed by atoms with E-state index in [1.54, 1.807) is 0 Å². The Morgan fingerprint density at radius 2 is 2.05 bits per heavy atom. The lowest BCUT2D eigenvalue weighted by Crippen LogP contribution is -2.28. The van der Waals surface area contributed by atoms with Gasteiger partial charge in [0.1, 0.15) is 0 Å². The van der Waals surface area contributed by atoms with Crippen LogP contribution in [0.4, 0.5) is 0 Å². The number of nitrogens with zero attached hydrogens (tertiary/aromatic N) is 3. The van der Waals surface area contributed by atoms with E-state index < -0.39 is 0 Å². The summed E-state index contributed by atoms with van der Waals surface area (Å²) in [7, 11) is 0. The summed E-state index contributed by atoms with van der Waals surface area (Å²) in [6, 6.07) is 9.25. The number of nitrogens with one attached hydrogen (secondary N) is 1. The number of carbonyl (C=O) groups is 2. The number of hydrogen-bond donors (Lipinski definition) is 1. The largest absolute Gasteiger partial charge is 0.348 e. The van der Waals surface area contributed by atoms with E-state index in [2.05, 4.69) is 15.3 Å². The standard InChI is InChI=1S/C12H14N4O2S/c13-16-15-8-4-7-11(17)14-9-12(18)19-10-5-2-1-3-6-10/h1-3,5-6H,4,7-9H2,(H,14,17). The van der Waals surface area contributed by atoms with E-state index in [-0.39, 0.29) is 30.5 Å². The number of hydrogen-bond acceptors (Lipinski definition) is 4. The maximum Gasteiger partial charge on any atom is 0.220 e. The smallest absolute Gasteiger partial charge is 0.220 e. The van der Waals surface area contributed by atoms with Crippen LogP contribution in [-0.4, -0.2) is 24.1 Å². The van der Waals surface area contributed by atoms with Gasteiger partial charge in [-0.1, -0.05) is 35.1 Å². The Morgan fingerprint density at radius 1 is 1.32 bits per heavy atom. The van der Waals surface area contributed by atoms with Crippen molar-refractivity contribution in [2.45, 2.75) is 17.7 Å². The van der Waals surface area contributed by atoms with Crippen LogP contribution in [0.3, 0.4) is 0 Å². The number of amides is 1. The highest BCUT2D eigenvalue weighted by atomic mass is 32.2. The fourth-order valence-electron chi connectivity index (χ4n) is 1.27. The Hall–Kier alpha value is -1.98. The van der Waals surface area contributed by atoms with E-state index in [4.69, 9.17) is 5.53 Å². The van der Waals surface area contributed by atoms with Crippen LogP contribution in [0.5, 0.6) is 0 Å². The molecule has 0 aliphatic heterocycles. The van der Waals surface area contributed by atoms with Crippen molar-refractivity contribution in [1.29, 1.82) is 0 Å². The minimum absolute atomic E-state index is 0.0000872. The number of benzene rings is 1. The minimum Gasteiger partial charge on any atom is -0.348 e. The molecule has 7 heteroatoms. The van der Waals surface area contributed by atoms with Gasteiger partial charge in [0.2, 0.25) is 11.0 Å². The van der Waals surface area contributed by atoms with E-state index in [1.165, 1.54) is 0 Å². The predicted octanol–water partition coefficient (Wildman–Crippen LogP) is 2.51. The number of thioether (sulfide) groups is 1. The number of carbonyl (C=O) groups excluding carboxylic acids is 2. The molecule has 0 fully saturated rings. The number of rotatable bonds is 7. The van der Waals surface area contributed by atoms with Gasteiger partial charge in [-0.15, -0.1) is 0 Å². The summed E-state index contributed by atoms with van der Waals surface area (Å²) in [4.78, 5) is 26.4. The molecule has 1 aromatic carbocycles. The predicted molar refractivity (Wildman–Crippen MR) is 73.6 cm³/mol. The Labute approximate surface area is 115 Å². The third-order valence-corrected chi connectivity index (χ3v) is 3.01. The Balaban J connectivity index is 2.19. The molecule has 0 aliphatic rings. The van der Waals surface area contributed by atoms with Crippen LogP contribution in [0.15, 0.2) is 40.3 Å². The normalized spacial score (nSPS) is 9.47. The summed E-state index contributed by atoms with van der Waals surface area (Å²) in [5.41, 5.74) is 8.06. The van der Waals surface area contributed by atoms with Gasteiger partial charge >= 0.3 is 0 Å². The molecule has 0 radical (unpaired) electrons. The van der Waals surface area contributed by atoms with Gasteiger partial charge in [-0.2, -0.15) is 0 Å². The number of azide groups is 1. The summed E-state index contributed by atoms with van der Waals surface area (Å²) in [6.07, 6.45) is 0.734. The monoisotopic (exact) mass is 278 g/mol. The first-order chi connectivity index (χ1) is 9.22. The van der Waals surface area contributed by atoms with E-state index >= 15 is 0 Å². The lowest BCUT2D eigenvalue weighted by atomic mass is 10.3. The summed E-state index contributed by atoms with van der Waals surface area (Å²) < 4.78 is 0. The van der Waals surface area contributed by atoms with Crippen molar-refractivity contribution in [3.63, 3.8) is 0 Å². The zero-order valence-corrected chi connectivity index (χ0v) is 11.1. The maximum absolute atomic E-state index is 11.6. The summed E-state index contributed by atoms with van der Waals surface area (Å²) in [6.45, 7) is 0.288. The highest BCUT2D eigenvalue weighted by molar-refractivity contribution is 8.13. The molecule has 1 N–H and O–H groups in total. The molecule has 19 heavy (non-hydrogen) atoms. The van der Waals surface area contributed by atoms with Crippen molar-refractivity contribution in [3.8, 4) is 0 Å². The van der Waals surface area contributed by atoms with E-state index in [0.29, 0.717) is 6.42 Å². The van der Waals surface area contributed by atoms with Crippen molar-refractivity contribution < 1.29 is 9.59 Å². The average Bonchev–Trinajstić information content (AvgIpc) is 2.42. The molecular formula is C12H14N4O2S. The molecule has 1 rings (SSSR count). The van der Waals surface area contributed by atoms with Crippen LogP contribution in [0, 0.1) is 0 Å². The summed E-state index contributed by atoms with van der Waals surface area (Å²) in [5.74, 6) is -0.213. The van der Waals surface area contributed by atoms with Crippen molar-refractivity contribution in [2.75, 3.05) is 13.1 Å². The fourth-order valence-corrected chi connectivity index (χ4v) is 1.97. The van der Waals surface area contributed by atoms with Gasteiger partial charge < -0.3 is 5.32 Å². The molecule has 0 atom stereocenters. The second kappa shape index (κ2) is 9.02. The molecule has 0 heterocycles. The molecule has 0 saturated carbocycles. The minimum atomic E-state index is -0.213. The summed E-state index contributed by atoms with van der Waals surface area (Å²) in [5, 5.41) is 5.74. The van der Waals surface area contributed by atoms with E-state index in [1.807, 2.05) is 30.3 Å². The van der Waals surface area contributed by atoms with Gasteiger partial charge in [-0.25, -0.2) is 0 Å². The molecule has 0 saturated heterocycles. The molecule has 0 aromatic heterocycles. The zero-order valence-electron chi connectivity index (χ0n) is 10.3. The topological polar surface area (TPSA) is 94.9 Å². The fraction of sp³-hybridized carbons (Fsp3) is 0.333. The maximum atomic E-state index is 11.6. The Bertz CT molecular complexity index is 472. The first-order valence-electron chi connectivity index (χ1n) is 5.75. The van der Waals surface area contributed by atoms with Crippen LogP contribution < -0.4 is 5.32 Å². The highest BCUT2D eigenvalue weighted by Gasteiger charge is 2.06. The molecule has 0 unspecified atom stereocenters. The lowest BCUT2D eigenvalue weighted by molar-refractivity contribution is -0.123. The van der Waals surface area contributed by atoms with Crippen LogP contribution in [-0.2, 0) is 9.59 Å². The quantitative estimate of drug-likeness (QED) is 0.273. The van der Waals surface area contributed by atoms with Crippen LogP contribution in [0.2, 0.25) is 0 Å². The summed E-state index contributed by atoms with van der Waals surface area (Å²) >= 11 is 1.10. The van der Waals surface area contributed by atoms with E-state index in [9.17, 15) is 9.59 Å². The van der Waals surface area contributed by atoms with E-state index in [0.717, 1.165) is 16.7 Å². The Morgan fingerprint density at radius 3 is 2.74 bits per heavy atom. The van der Waals surface area contributed by atoms with Crippen LogP contribution in [0.1, 0.15) is 12.8 Å². The van der Waals surface area contributed by atoms with Crippen molar-refractivity contribution >= 4 is 22.8 Å². The molecule has 0 spiro atoms. The molecular weight excluding hydrogens is 264 g/mol. The van der Waals surface area contributed by atoms with Crippen molar-refractivity contribution in [3.05, 3.63) is 40.8 Å². The van der Waals surface area contributed by atoms with Gasteiger partial charge in [0, 0.05) is 22.8 Å². The van der Waals surface area contributed by atoms with Crippen LogP contribution in [0.25, 0.3) is 10.4 Å². The van der Waals surface area contributed by atoms with Gasteiger partial charge in [0.25, 0.3) is 0 Å². The molecule has 1 amide bonds. The third kappa shape index (κ3) is 7.13. The van der Waals surface area contributed by atoms with Gasteiger partial charge in [0.05, 0.1) is 6.54 Å². The third-order valence-electron chi connectivity index (χ3n) is 2.13. The van der Waals surface area contributed by atoms with Crippen LogP contribution >= 0.6 is 11.8 Å². The first-order valence-corrected chi connectivity index (χ1v) is 6.57. The lowest BCUT2D eigenvalue weighted by Gasteiger charge is -2.03. The van der Waals surface area contributed by atoms with Crippen molar-refractivity contribution in [2.24, 2.45) is 5.11 Å². The molecule has 100 valence electrons.